The minimum Gasteiger partial charge on any atom is -0.338 e. The molecule has 0 unspecified atom stereocenters. The number of carbonyl (C=O) groups is 1. The Morgan fingerprint density at radius 3 is 2.35 bits per heavy atom. The number of nitrogens with zero attached hydrogens (tertiary/aromatic N) is 1. The maximum Gasteiger partial charge on any atom is 0.246 e. The summed E-state index contributed by atoms with van der Waals surface area (Å²) < 4.78 is 0. The first-order valence-electron chi connectivity index (χ1n) is 6.69. The van der Waals surface area contributed by atoms with Crippen molar-refractivity contribution in [1.29, 1.82) is 0 Å². The van der Waals surface area contributed by atoms with Crippen molar-refractivity contribution in [2.75, 3.05) is 7.05 Å². The van der Waals surface area contributed by atoms with Gasteiger partial charge in [-0.3, -0.25) is 4.79 Å². The van der Waals surface area contributed by atoms with E-state index in [1.807, 2.05) is 74.6 Å². The number of amides is 1. The monoisotopic (exact) mass is 265 g/mol. The van der Waals surface area contributed by atoms with Gasteiger partial charge in [-0.1, -0.05) is 60.2 Å². The van der Waals surface area contributed by atoms with Gasteiger partial charge in [0.15, 0.2) is 0 Å². The van der Waals surface area contributed by atoms with Crippen molar-refractivity contribution in [3.05, 3.63) is 77.4 Å². The number of benzene rings is 2. The molecule has 0 aliphatic rings. The third-order valence-corrected chi connectivity index (χ3v) is 3.13. The Kier molecular flexibility index (Phi) is 4.72. The molecule has 0 bridgehead atoms. The molecule has 102 valence electrons. The molecule has 0 fully saturated rings. The maximum absolute atomic E-state index is 12.0. The van der Waals surface area contributed by atoms with Crippen LogP contribution in [-0.4, -0.2) is 17.9 Å². The lowest BCUT2D eigenvalue weighted by Gasteiger charge is -2.15. The summed E-state index contributed by atoms with van der Waals surface area (Å²) in [6.45, 7) is 2.67. The Morgan fingerprint density at radius 1 is 1.05 bits per heavy atom. The number of hydrogen-bond donors (Lipinski definition) is 0. The molecule has 0 saturated heterocycles. The molecule has 2 nitrogen and oxygen atoms in total. The van der Waals surface area contributed by atoms with Crippen molar-refractivity contribution in [3.8, 4) is 0 Å². The molecule has 0 saturated carbocycles. The van der Waals surface area contributed by atoms with Gasteiger partial charge in [-0.2, -0.15) is 0 Å². The molecule has 0 aliphatic carbocycles. The first-order chi connectivity index (χ1) is 9.65. The summed E-state index contributed by atoms with van der Waals surface area (Å²) in [5, 5.41) is 0. The highest BCUT2D eigenvalue weighted by Crippen LogP contribution is 2.07. The molecule has 2 aromatic carbocycles. The smallest absolute Gasteiger partial charge is 0.246 e. The minimum absolute atomic E-state index is 0.00873. The lowest BCUT2D eigenvalue weighted by atomic mass is 10.1. The third-order valence-electron chi connectivity index (χ3n) is 3.13. The van der Waals surface area contributed by atoms with Gasteiger partial charge in [0.05, 0.1) is 0 Å². The van der Waals surface area contributed by atoms with E-state index in [4.69, 9.17) is 0 Å². The third kappa shape index (κ3) is 4.09. The van der Waals surface area contributed by atoms with Crippen LogP contribution in [0.1, 0.15) is 16.7 Å². The molecule has 20 heavy (non-hydrogen) atoms. The molecule has 2 rings (SSSR count). The van der Waals surface area contributed by atoms with Crippen molar-refractivity contribution < 1.29 is 4.79 Å². The van der Waals surface area contributed by atoms with Crippen molar-refractivity contribution in [2.45, 2.75) is 13.5 Å². The molecule has 0 aromatic heterocycles. The molecule has 0 radical (unpaired) electrons. The van der Waals surface area contributed by atoms with Crippen molar-refractivity contribution >= 4 is 12.0 Å². The minimum atomic E-state index is 0.00873. The lowest BCUT2D eigenvalue weighted by molar-refractivity contribution is -0.125. The van der Waals surface area contributed by atoms with Gasteiger partial charge in [0.1, 0.15) is 0 Å². The summed E-state index contributed by atoms with van der Waals surface area (Å²) in [6.07, 6.45) is 3.47. The van der Waals surface area contributed by atoms with E-state index in [1.54, 1.807) is 11.0 Å². The molecule has 0 aliphatic heterocycles. The first-order valence-corrected chi connectivity index (χ1v) is 6.69. The van der Waals surface area contributed by atoms with E-state index >= 15 is 0 Å². The van der Waals surface area contributed by atoms with E-state index in [2.05, 4.69) is 0 Å². The summed E-state index contributed by atoms with van der Waals surface area (Å²) in [6, 6.07) is 18.1. The van der Waals surface area contributed by atoms with E-state index in [0.717, 1.165) is 11.1 Å². The van der Waals surface area contributed by atoms with Crippen LogP contribution in [0.2, 0.25) is 0 Å². The van der Waals surface area contributed by atoms with Crippen molar-refractivity contribution in [3.63, 3.8) is 0 Å². The molecule has 0 atom stereocenters. The quantitative estimate of drug-likeness (QED) is 0.772. The van der Waals surface area contributed by atoms with Gasteiger partial charge in [0, 0.05) is 19.7 Å². The van der Waals surface area contributed by atoms with E-state index < -0.39 is 0 Å². The van der Waals surface area contributed by atoms with Crippen LogP contribution in [0, 0.1) is 6.92 Å². The zero-order valence-corrected chi connectivity index (χ0v) is 11.9. The zero-order valence-electron chi connectivity index (χ0n) is 11.9. The largest absolute Gasteiger partial charge is 0.338 e. The SMILES string of the molecule is Cc1ccc(C=CC(=O)N(C)Cc2ccccc2)cc1. The summed E-state index contributed by atoms with van der Waals surface area (Å²) >= 11 is 0. The molecule has 1 amide bonds. The van der Waals surface area contributed by atoms with Crippen molar-refractivity contribution in [1.82, 2.24) is 4.90 Å². The van der Waals surface area contributed by atoms with Crippen LogP contribution in [0.25, 0.3) is 6.08 Å². The highest BCUT2D eigenvalue weighted by Gasteiger charge is 2.05. The zero-order chi connectivity index (χ0) is 14.4. The van der Waals surface area contributed by atoms with Gasteiger partial charge in [-0.25, -0.2) is 0 Å². The molecule has 2 heteroatoms. The van der Waals surface area contributed by atoms with Crippen LogP contribution < -0.4 is 0 Å². The highest BCUT2D eigenvalue weighted by molar-refractivity contribution is 5.91. The molecule has 2 aromatic rings. The normalized spacial score (nSPS) is 10.7. The number of carbonyl (C=O) groups excluding carboxylic acids is 1. The fraction of sp³-hybridized carbons (Fsp3) is 0.167. The van der Waals surface area contributed by atoms with Crippen LogP contribution in [0.3, 0.4) is 0 Å². The van der Waals surface area contributed by atoms with Crippen molar-refractivity contribution in [2.24, 2.45) is 0 Å². The molecular formula is C18H19NO. The number of aryl methyl sites for hydroxylation is 1. The Hall–Kier alpha value is -2.35. The maximum atomic E-state index is 12.0. The predicted molar refractivity (Wildman–Crippen MR) is 83.1 cm³/mol. The van der Waals surface area contributed by atoms with E-state index in [0.29, 0.717) is 6.54 Å². The van der Waals surface area contributed by atoms with E-state index in [1.165, 1.54) is 5.56 Å². The Balaban J connectivity index is 1.95. The standard InChI is InChI=1S/C18H19NO/c1-15-8-10-16(11-9-15)12-13-18(20)19(2)14-17-6-4-3-5-7-17/h3-13H,14H2,1-2H3. The lowest BCUT2D eigenvalue weighted by Crippen LogP contribution is -2.23. The molecule has 0 N–H and O–H groups in total. The number of likely N-dealkylation sites (N-methyl/N-ethyl adjacent to an activating group) is 1. The number of rotatable bonds is 4. The van der Waals surface area contributed by atoms with E-state index in [9.17, 15) is 4.79 Å². The summed E-state index contributed by atoms with van der Waals surface area (Å²) in [4.78, 5) is 13.7. The van der Waals surface area contributed by atoms with Gasteiger partial charge >= 0.3 is 0 Å². The Morgan fingerprint density at radius 2 is 1.70 bits per heavy atom. The summed E-state index contributed by atoms with van der Waals surface area (Å²) in [5.41, 5.74) is 3.39. The second-order valence-electron chi connectivity index (χ2n) is 4.92. The van der Waals surface area contributed by atoms with Crippen LogP contribution in [0.15, 0.2) is 60.7 Å². The van der Waals surface area contributed by atoms with Crippen LogP contribution in [0.5, 0.6) is 0 Å². The Labute approximate surface area is 120 Å². The fourth-order valence-corrected chi connectivity index (χ4v) is 1.91. The number of hydrogen-bond acceptors (Lipinski definition) is 1. The molecule has 0 heterocycles. The van der Waals surface area contributed by atoms with Gasteiger partial charge in [-0.15, -0.1) is 0 Å². The van der Waals surface area contributed by atoms with Gasteiger partial charge in [0.25, 0.3) is 0 Å². The highest BCUT2D eigenvalue weighted by atomic mass is 16.2. The summed E-state index contributed by atoms with van der Waals surface area (Å²) in [5.74, 6) is 0.00873. The first kappa shape index (κ1) is 14.1. The topological polar surface area (TPSA) is 20.3 Å². The Bertz CT molecular complexity index is 585. The second kappa shape index (κ2) is 6.71. The second-order valence-corrected chi connectivity index (χ2v) is 4.92. The molecule has 0 spiro atoms. The van der Waals surface area contributed by atoms with Crippen LogP contribution in [-0.2, 0) is 11.3 Å². The van der Waals surface area contributed by atoms with Gasteiger partial charge in [-0.05, 0) is 24.1 Å². The molecular weight excluding hydrogens is 246 g/mol. The van der Waals surface area contributed by atoms with Crippen LogP contribution in [0.4, 0.5) is 0 Å². The van der Waals surface area contributed by atoms with Gasteiger partial charge < -0.3 is 4.90 Å². The average Bonchev–Trinajstić information content (AvgIpc) is 2.47. The van der Waals surface area contributed by atoms with Gasteiger partial charge in [0.2, 0.25) is 5.91 Å². The summed E-state index contributed by atoms with van der Waals surface area (Å²) in [7, 11) is 1.81. The van der Waals surface area contributed by atoms with E-state index in [-0.39, 0.29) is 5.91 Å². The van der Waals surface area contributed by atoms with Crippen LogP contribution >= 0.6 is 0 Å². The average molecular weight is 265 g/mol. The predicted octanol–water partition coefficient (Wildman–Crippen LogP) is 3.67. The fourth-order valence-electron chi connectivity index (χ4n) is 1.91.